The second kappa shape index (κ2) is 6.70. The Morgan fingerprint density at radius 2 is 1.91 bits per heavy atom. The number of benzene rings is 1. The molecule has 1 aliphatic heterocycles. The molecule has 1 amide bonds. The van der Waals surface area contributed by atoms with Crippen LogP contribution in [0.15, 0.2) is 12.1 Å². The zero-order valence-corrected chi connectivity index (χ0v) is 14.2. The summed E-state index contributed by atoms with van der Waals surface area (Å²) in [5.41, 5.74) is 2.06. The van der Waals surface area contributed by atoms with E-state index in [0.29, 0.717) is 42.4 Å². The van der Waals surface area contributed by atoms with E-state index in [2.05, 4.69) is 0 Å². The van der Waals surface area contributed by atoms with E-state index in [9.17, 15) is 14.7 Å². The van der Waals surface area contributed by atoms with E-state index in [1.54, 1.807) is 6.07 Å². The van der Waals surface area contributed by atoms with Crippen LogP contribution in [-0.2, 0) is 22.6 Å². The Hall–Kier alpha value is -1.26. The van der Waals surface area contributed by atoms with Crippen LogP contribution < -0.4 is 0 Å². The van der Waals surface area contributed by atoms with Crippen molar-refractivity contribution in [2.75, 3.05) is 6.54 Å². The number of fused-ring (bicyclic) bond motifs is 1. The van der Waals surface area contributed by atoms with Gasteiger partial charge in [0, 0.05) is 29.1 Å². The van der Waals surface area contributed by atoms with Crippen molar-refractivity contribution in [1.29, 1.82) is 0 Å². The smallest absolute Gasteiger partial charge is 0.306 e. The number of hydrogen-bond acceptors (Lipinski definition) is 2. The standard InChI is InChI=1S/C17H19Cl2NO3/c18-13-7-12-9-20(5-4-14(12)15(19)8-13)16(21)10-2-1-3-11(6-10)17(22)23/h7-8,10-11H,1-6,9H2,(H,22,23). The molecule has 124 valence electrons. The lowest BCUT2D eigenvalue weighted by Gasteiger charge is -2.34. The van der Waals surface area contributed by atoms with Gasteiger partial charge in [0.25, 0.3) is 0 Å². The predicted octanol–water partition coefficient (Wildman–Crippen LogP) is 3.77. The Morgan fingerprint density at radius 3 is 2.65 bits per heavy atom. The van der Waals surface area contributed by atoms with Crippen molar-refractivity contribution in [1.82, 2.24) is 4.90 Å². The van der Waals surface area contributed by atoms with Gasteiger partial charge < -0.3 is 10.0 Å². The second-order valence-electron chi connectivity index (χ2n) is 6.43. The molecule has 1 aromatic carbocycles. The highest BCUT2D eigenvalue weighted by atomic mass is 35.5. The van der Waals surface area contributed by atoms with Crippen LogP contribution in [0.2, 0.25) is 10.0 Å². The van der Waals surface area contributed by atoms with Gasteiger partial charge in [-0.25, -0.2) is 0 Å². The Bertz CT molecular complexity index is 647. The van der Waals surface area contributed by atoms with Crippen LogP contribution in [0, 0.1) is 11.8 Å². The maximum atomic E-state index is 12.8. The number of hydrogen-bond donors (Lipinski definition) is 1. The molecule has 3 rings (SSSR count). The molecule has 0 aromatic heterocycles. The number of carbonyl (C=O) groups excluding carboxylic acids is 1. The first-order valence-corrected chi connectivity index (χ1v) is 8.69. The fourth-order valence-electron chi connectivity index (χ4n) is 3.69. The van der Waals surface area contributed by atoms with Crippen molar-refractivity contribution in [2.24, 2.45) is 11.8 Å². The van der Waals surface area contributed by atoms with Gasteiger partial charge in [-0.3, -0.25) is 9.59 Å². The first-order valence-electron chi connectivity index (χ1n) is 7.94. The third kappa shape index (κ3) is 3.48. The predicted molar refractivity (Wildman–Crippen MR) is 88.7 cm³/mol. The molecule has 0 radical (unpaired) electrons. The molecule has 2 unspecified atom stereocenters. The molecular formula is C17H19Cl2NO3. The molecule has 23 heavy (non-hydrogen) atoms. The lowest BCUT2D eigenvalue weighted by atomic mass is 9.80. The summed E-state index contributed by atoms with van der Waals surface area (Å²) in [5, 5.41) is 10.4. The van der Waals surface area contributed by atoms with Crippen molar-refractivity contribution in [3.8, 4) is 0 Å². The van der Waals surface area contributed by atoms with E-state index >= 15 is 0 Å². The van der Waals surface area contributed by atoms with Crippen LogP contribution in [0.1, 0.15) is 36.8 Å². The van der Waals surface area contributed by atoms with Gasteiger partial charge in [-0.05, 0) is 48.9 Å². The lowest BCUT2D eigenvalue weighted by Crippen LogP contribution is -2.41. The minimum Gasteiger partial charge on any atom is -0.481 e. The summed E-state index contributed by atoms with van der Waals surface area (Å²) in [5.74, 6) is -1.29. The van der Waals surface area contributed by atoms with E-state index in [4.69, 9.17) is 23.2 Å². The summed E-state index contributed by atoms with van der Waals surface area (Å²) < 4.78 is 0. The van der Waals surface area contributed by atoms with Gasteiger partial charge in [-0.2, -0.15) is 0 Å². The number of nitrogens with zero attached hydrogens (tertiary/aromatic N) is 1. The number of carbonyl (C=O) groups is 2. The first kappa shape index (κ1) is 16.6. The van der Waals surface area contributed by atoms with Crippen molar-refractivity contribution >= 4 is 35.1 Å². The van der Waals surface area contributed by atoms with Gasteiger partial charge in [0.1, 0.15) is 0 Å². The first-order chi connectivity index (χ1) is 11.0. The average molecular weight is 356 g/mol. The van der Waals surface area contributed by atoms with Gasteiger partial charge in [-0.15, -0.1) is 0 Å². The molecule has 0 bridgehead atoms. The van der Waals surface area contributed by atoms with Gasteiger partial charge >= 0.3 is 5.97 Å². The van der Waals surface area contributed by atoms with E-state index in [1.165, 1.54) is 0 Å². The van der Waals surface area contributed by atoms with Gasteiger partial charge in [-0.1, -0.05) is 29.6 Å². The largest absolute Gasteiger partial charge is 0.481 e. The van der Waals surface area contributed by atoms with E-state index in [1.807, 2.05) is 11.0 Å². The molecule has 0 spiro atoms. The Morgan fingerprint density at radius 1 is 1.17 bits per heavy atom. The minimum atomic E-state index is -0.787. The summed E-state index contributed by atoms with van der Waals surface area (Å²) in [7, 11) is 0. The number of rotatable bonds is 2. The Kier molecular flexibility index (Phi) is 4.83. The van der Waals surface area contributed by atoms with E-state index < -0.39 is 11.9 Å². The molecule has 1 aromatic rings. The normalized spacial score (nSPS) is 24.2. The van der Waals surface area contributed by atoms with E-state index in [0.717, 1.165) is 24.0 Å². The number of amides is 1. The Labute approximate surface area is 145 Å². The summed E-state index contributed by atoms with van der Waals surface area (Å²) >= 11 is 12.3. The molecule has 1 heterocycles. The average Bonchev–Trinajstić information content (AvgIpc) is 2.53. The van der Waals surface area contributed by atoms with Crippen LogP contribution in [0.5, 0.6) is 0 Å². The zero-order valence-electron chi connectivity index (χ0n) is 12.7. The highest BCUT2D eigenvalue weighted by molar-refractivity contribution is 6.35. The zero-order chi connectivity index (χ0) is 16.6. The third-order valence-electron chi connectivity index (χ3n) is 4.93. The molecule has 1 N–H and O–H groups in total. The topological polar surface area (TPSA) is 57.6 Å². The van der Waals surface area contributed by atoms with Crippen molar-refractivity contribution in [3.05, 3.63) is 33.3 Å². The monoisotopic (exact) mass is 355 g/mol. The Balaban J connectivity index is 1.73. The number of aliphatic carboxylic acids is 1. The highest BCUT2D eigenvalue weighted by Gasteiger charge is 2.34. The molecule has 4 nitrogen and oxygen atoms in total. The molecule has 2 atom stereocenters. The van der Waals surface area contributed by atoms with Crippen molar-refractivity contribution in [3.63, 3.8) is 0 Å². The fraction of sp³-hybridized carbons (Fsp3) is 0.529. The quantitative estimate of drug-likeness (QED) is 0.878. The molecule has 1 saturated carbocycles. The minimum absolute atomic E-state index is 0.0673. The maximum absolute atomic E-state index is 12.8. The number of halogens is 2. The van der Waals surface area contributed by atoms with Crippen LogP contribution >= 0.6 is 23.2 Å². The number of carboxylic acids is 1. The summed E-state index contributed by atoms with van der Waals surface area (Å²) in [6.07, 6.45) is 3.42. The van der Waals surface area contributed by atoms with Crippen LogP contribution in [0.3, 0.4) is 0 Å². The molecular weight excluding hydrogens is 337 g/mol. The lowest BCUT2D eigenvalue weighted by molar-refractivity contribution is -0.145. The number of carboxylic acid groups (broad SMARTS) is 1. The molecule has 1 fully saturated rings. The van der Waals surface area contributed by atoms with Gasteiger partial charge in [0.05, 0.1) is 5.92 Å². The van der Waals surface area contributed by atoms with Crippen molar-refractivity contribution < 1.29 is 14.7 Å². The maximum Gasteiger partial charge on any atom is 0.306 e. The van der Waals surface area contributed by atoms with E-state index in [-0.39, 0.29) is 11.8 Å². The van der Waals surface area contributed by atoms with Crippen LogP contribution in [-0.4, -0.2) is 28.4 Å². The van der Waals surface area contributed by atoms with Crippen LogP contribution in [0.25, 0.3) is 0 Å². The van der Waals surface area contributed by atoms with Gasteiger partial charge in [0.2, 0.25) is 5.91 Å². The fourth-order valence-corrected chi connectivity index (χ4v) is 4.32. The van der Waals surface area contributed by atoms with Crippen LogP contribution in [0.4, 0.5) is 0 Å². The molecule has 0 saturated heterocycles. The highest BCUT2D eigenvalue weighted by Crippen LogP contribution is 2.34. The summed E-state index contributed by atoms with van der Waals surface area (Å²) in [4.78, 5) is 25.8. The summed E-state index contributed by atoms with van der Waals surface area (Å²) in [6, 6.07) is 3.60. The third-order valence-corrected chi connectivity index (χ3v) is 5.49. The summed E-state index contributed by atoms with van der Waals surface area (Å²) in [6.45, 7) is 1.13. The molecule has 6 heteroatoms. The van der Waals surface area contributed by atoms with Crippen molar-refractivity contribution in [2.45, 2.75) is 38.6 Å². The second-order valence-corrected chi connectivity index (χ2v) is 7.28. The van der Waals surface area contributed by atoms with Gasteiger partial charge in [0.15, 0.2) is 0 Å². The SMILES string of the molecule is O=C(O)C1CCCC(C(=O)N2CCc3c(Cl)cc(Cl)cc3C2)C1. The molecule has 1 aliphatic carbocycles. The molecule has 2 aliphatic rings.